The molecule has 7 heteroatoms. The van der Waals surface area contributed by atoms with E-state index in [0.717, 1.165) is 57.7 Å². The van der Waals surface area contributed by atoms with Crippen LogP contribution >= 0.6 is 11.6 Å². The Kier molecular flexibility index (Phi) is 8.26. The number of nitrogens with zero attached hydrogens (tertiary/aromatic N) is 2. The normalized spacial score (nSPS) is 17.0. The number of hydrogen-bond donors (Lipinski definition) is 1. The van der Waals surface area contributed by atoms with Gasteiger partial charge in [-0.05, 0) is 36.2 Å². The van der Waals surface area contributed by atoms with Crippen LogP contribution in [0.1, 0.15) is 24.0 Å². The Morgan fingerprint density at radius 3 is 2.53 bits per heavy atom. The molecule has 0 bridgehead atoms. The summed E-state index contributed by atoms with van der Waals surface area (Å²) in [5.41, 5.74) is 2.21. The molecule has 0 spiro atoms. The molecule has 4 rings (SSSR count). The average Bonchev–Trinajstić information content (AvgIpc) is 3.04. The van der Waals surface area contributed by atoms with Crippen molar-refractivity contribution in [1.29, 1.82) is 0 Å². The minimum atomic E-state index is 0.00300. The lowest BCUT2D eigenvalue weighted by molar-refractivity contribution is -0.120. The quantitative estimate of drug-likeness (QED) is 0.616. The fourth-order valence-electron chi connectivity index (χ4n) is 4.18. The summed E-state index contributed by atoms with van der Waals surface area (Å²) in [5, 5.41) is 3.53. The molecular formula is C25H32ClN3O3. The van der Waals surface area contributed by atoms with Crippen molar-refractivity contribution >= 4 is 17.5 Å². The van der Waals surface area contributed by atoms with E-state index in [1.54, 1.807) is 6.07 Å². The number of carbonyl (C=O) groups is 1. The zero-order valence-electron chi connectivity index (χ0n) is 18.5. The molecule has 2 aliphatic heterocycles. The molecule has 0 saturated carbocycles. The summed E-state index contributed by atoms with van der Waals surface area (Å²) in [4.78, 5) is 17.4. The van der Waals surface area contributed by atoms with Gasteiger partial charge in [0, 0.05) is 45.7 Å². The second kappa shape index (κ2) is 11.5. The Morgan fingerprint density at radius 2 is 1.72 bits per heavy atom. The fraction of sp³-hybridized carbons (Fsp3) is 0.480. The number of piperazine rings is 1. The predicted molar refractivity (Wildman–Crippen MR) is 127 cm³/mol. The maximum Gasteiger partial charge on any atom is 0.224 e. The van der Waals surface area contributed by atoms with Crippen LogP contribution in [0, 0.1) is 0 Å². The molecule has 2 heterocycles. The van der Waals surface area contributed by atoms with Crippen LogP contribution < -0.4 is 14.8 Å². The number of halogens is 1. The Hall–Kier alpha value is -2.28. The predicted octanol–water partition coefficient (Wildman–Crippen LogP) is 3.37. The summed E-state index contributed by atoms with van der Waals surface area (Å²) in [7, 11) is 0. The van der Waals surface area contributed by atoms with Crippen molar-refractivity contribution in [2.45, 2.75) is 25.8 Å². The number of carbonyl (C=O) groups excluding carboxylic acids is 1. The van der Waals surface area contributed by atoms with E-state index in [2.05, 4.69) is 45.4 Å². The smallest absolute Gasteiger partial charge is 0.224 e. The van der Waals surface area contributed by atoms with Crippen molar-refractivity contribution in [2.24, 2.45) is 0 Å². The van der Waals surface area contributed by atoms with Crippen molar-refractivity contribution in [3.8, 4) is 11.5 Å². The standard InChI is InChI=1S/C25H32ClN3O3/c26-22-16-21(17-23-25(22)32-15-5-14-31-23)18-24(30)27-8-4-9-28-10-12-29(13-11-28)19-20-6-2-1-3-7-20/h1-3,6-7,16-17H,4-5,8-15,18-19H2,(H,27,30). The van der Waals surface area contributed by atoms with Gasteiger partial charge >= 0.3 is 0 Å². The lowest BCUT2D eigenvalue weighted by Crippen LogP contribution is -2.46. The first-order valence-corrected chi connectivity index (χ1v) is 11.9. The van der Waals surface area contributed by atoms with Gasteiger partial charge in [0.1, 0.15) is 0 Å². The highest BCUT2D eigenvalue weighted by molar-refractivity contribution is 6.32. The Balaban J connectivity index is 1.13. The maximum atomic E-state index is 12.4. The number of rotatable bonds is 8. The largest absolute Gasteiger partial charge is 0.489 e. The number of ether oxygens (including phenoxy) is 2. The van der Waals surface area contributed by atoms with E-state index >= 15 is 0 Å². The zero-order chi connectivity index (χ0) is 22.2. The molecule has 1 N–H and O–H groups in total. The minimum absolute atomic E-state index is 0.00300. The maximum absolute atomic E-state index is 12.4. The molecule has 1 saturated heterocycles. The van der Waals surface area contributed by atoms with Gasteiger partial charge in [0.2, 0.25) is 5.91 Å². The van der Waals surface area contributed by atoms with Crippen LogP contribution in [0.2, 0.25) is 5.02 Å². The molecule has 0 aliphatic carbocycles. The van der Waals surface area contributed by atoms with Crippen LogP contribution in [0.3, 0.4) is 0 Å². The topological polar surface area (TPSA) is 54.0 Å². The SMILES string of the molecule is O=C(Cc1cc(Cl)c2c(c1)OCCCO2)NCCCN1CCN(Cc2ccccc2)CC1. The first kappa shape index (κ1) is 22.9. The number of benzene rings is 2. The van der Waals surface area contributed by atoms with Crippen molar-refractivity contribution in [3.05, 3.63) is 58.6 Å². The van der Waals surface area contributed by atoms with Crippen LogP contribution in [0.5, 0.6) is 11.5 Å². The van der Waals surface area contributed by atoms with Gasteiger partial charge < -0.3 is 19.7 Å². The van der Waals surface area contributed by atoms with Gasteiger partial charge in [0.05, 0.1) is 24.7 Å². The van der Waals surface area contributed by atoms with E-state index < -0.39 is 0 Å². The van der Waals surface area contributed by atoms with E-state index in [9.17, 15) is 4.79 Å². The second-order valence-corrected chi connectivity index (χ2v) is 8.85. The van der Waals surface area contributed by atoms with Crippen molar-refractivity contribution in [2.75, 3.05) is 52.5 Å². The lowest BCUT2D eigenvalue weighted by atomic mass is 10.1. The third-order valence-corrected chi connectivity index (χ3v) is 6.19. The summed E-state index contributed by atoms with van der Waals surface area (Å²) in [5.74, 6) is 1.21. The summed E-state index contributed by atoms with van der Waals surface area (Å²) in [6.07, 6.45) is 2.06. The molecule has 0 radical (unpaired) electrons. The van der Waals surface area contributed by atoms with E-state index in [4.69, 9.17) is 21.1 Å². The van der Waals surface area contributed by atoms with Gasteiger partial charge in [0.25, 0.3) is 0 Å². The Morgan fingerprint density at radius 1 is 0.969 bits per heavy atom. The molecule has 0 aromatic heterocycles. The first-order chi connectivity index (χ1) is 15.7. The highest BCUT2D eigenvalue weighted by Gasteiger charge is 2.18. The molecule has 0 unspecified atom stereocenters. The van der Waals surface area contributed by atoms with Gasteiger partial charge in [-0.25, -0.2) is 0 Å². The van der Waals surface area contributed by atoms with Gasteiger partial charge in [-0.3, -0.25) is 9.69 Å². The number of amides is 1. The van der Waals surface area contributed by atoms with E-state index in [1.165, 1.54) is 5.56 Å². The number of hydrogen-bond acceptors (Lipinski definition) is 5. The molecule has 2 aliphatic rings. The average molecular weight is 458 g/mol. The van der Waals surface area contributed by atoms with Gasteiger partial charge in [0.15, 0.2) is 11.5 Å². The molecule has 1 amide bonds. The Bertz CT molecular complexity index is 886. The summed E-state index contributed by atoms with van der Waals surface area (Å²) >= 11 is 6.33. The van der Waals surface area contributed by atoms with E-state index in [1.807, 2.05) is 6.07 Å². The van der Waals surface area contributed by atoms with E-state index in [0.29, 0.717) is 36.3 Å². The van der Waals surface area contributed by atoms with Crippen LogP contribution in [-0.2, 0) is 17.8 Å². The van der Waals surface area contributed by atoms with Crippen LogP contribution in [0.4, 0.5) is 0 Å². The van der Waals surface area contributed by atoms with Gasteiger partial charge in [-0.15, -0.1) is 0 Å². The first-order valence-electron chi connectivity index (χ1n) is 11.5. The minimum Gasteiger partial charge on any atom is -0.489 e. The van der Waals surface area contributed by atoms with Crippen molar-refractivity contribution in [3.63, 3.8) is 0 Å². The van der Waals surface area contributed by atoms with Crippen LogP contribution in [0.25, 0.3) is 0 Å². The fourth-order valence-corrected chi connectivity index (χ4v) is 4.47. The molecule has 6 nitrogen and oxygen atoms in total. The molecule has 172 valence electrons. The highest BCUT2D eigenvalue weighted by atomic mass is 35.5. The molecule has 32 heavy (non-hydrogen) atoms. The Labute approximate surface area is 195 Å². The number of fused-ring (bicyclic) bond motifs is 1. The highest BCUT2D eigenvalue weighted by Crippen LogP contribution is 2.38. The van der Waals surface area contributed by atoms with Crippen LogP contribution in [-0.4, -0.2) is 68.2 Å². The van der Waals surface area contributed by atoms with Gasteiger partial charge in [-0.2, -0.15) is 0 Å². The van der Waals surface area contributed by atoms with Crippen molar-refractivity contribution in [1.82, 2.24) is 15.1 Å². The summed E-state index contributed by atoms with van der Waals surface area (Å²) in [6.45, 7) is 8.24. The second-order valence-electron chi connectivity index (χ2n) is 8.44. The third kappa shape index (κ3) is 6.61. The molecule has 0 atom stereocenters. The number of nitrogens with one attached hydrogen (secondary N) is 1. The van der Waals surface area contributed by atoms with Gasteiger partial charge in [-0.1, -0.05) is 41.9 Å². The van der Waals surface area contributed by atoms with Crippen molar-refractivity contribution < 1.29 is 14.3 Å². The molecule has 2 aromatic rings. The van der Waals surface area contributed by atoms with E-state index in [-0.39, 0.29) is 12.3 Å². The molecular weight excluding hydrogens is 426 g/mol. The lowest BCUT2D eigenvalue weighted by Gasteiger charge is -2.34. The third-order valence-electron chi connectivity index (χ3n) is 5.91. The van der Waals surface area contributed by atoms with Crippen LogP contribution in [0.15, 0.2) is 42.5 Å². The molecule has 1 fully saturated rings. The molecule has 2 aromatic carbocycles. The zero-order valence-corrected chi connectivity index (χ0v) is 19.3. The summed E-state index contributed by atoms with van der Waals surface area (Å²) < 4.78 is 11.4. The monoisotopic (exact) mass is 457 g/mol. The summed E-state index contributed by atoms with van der Waals surface area (Å²) in [6, 6.07) is 14.3.